The summed E-state index contributed by atoms with van der Waals surface area (Å²) in [7, 11) is 0. The first kappa shape index (κ1) is 35.4. The molecule has 1 heterocycles. The number of fused-ring (bicyclic) bond motifs is 10. The van der Waals surface area contributed by atoms with Crippen LogP contribution in [0.3, 0.4) is 0 Å². The number of rotatable bonds is 8. The van der Waals surface area contributed by atoms with Crippen molar-refractivity contribution in [3.8, 4) is 56.2 Å². The summed E-state index contributed by atoms with van der Waals surface area (Å²) in [4.78, 5) is 16.1. The van der Waals surface area contributed by atoms with Crippen LogP contribution in [0, 0.1) is 0 Å². The largest absolute Gasteiger partial charge is 0.280 e. The molecule has 9 aromatic rings. The minimum absolute atomic E-state index is 0.539. The van der Waals surface area contributed by atoms with Gasteiger partial charge < -0.3 is 0 Å². The highest BCUT2D eigenvalue weighted by atomic mass is 14.9. The van der Waals surface area contributed by atoms with Crippen molar-refractivity contribution in [1.29, 1.82) is 0 Å². The van der Waals surface area contributed by atoms with Crippen LogP contribution in [0.4, 0.5) is 0 Å². The maximum Gasteiger partial charge on any atom is 0.160 e. The second kappa shape index (κ2) is 14.9. The van der Waals surface area contributed by atoms with E-state index >= 15 is 0 Å². The third kappa shape index (κ3) is 5.94. The molecule has 282 valence electrons. The summed E-state index contributed by atoms with van der Waals surface area (Å²) in [5.74, 6) is 0.713. The molecule has 0 fully saturated rings. The third-order valence-corrected chi connectivity index (χ3v) is 12.0. The number of nitrogens with zero attached hydrogens (tertiary/aromatic N) is 3. The van der Waals surface area contributed by atoms with Gasteiger partial charge >= 0.3 is 0 Å². The Balaban J connectivity index is 0.984. The molecule has 2 aliphatic rings. The first-order chi connectivity index (χ1) is 29.8. The Kier molecular flexibility index (Phi) is 8.78. The van der Waals surface area contributed by atoms with Crippen molar-refractivity contribution in [3.63, 3.8) is 0 Å². The maximum absolute atomic E-state index is 5.51. The van der Waals surface area contributed by atoms with Crippen LogP contribution in [-0.4, -0.2) is 15.7 Å². The van der Waals surface area contributed by atoms with Crippen LogP contribution >= 0.6 is 0 Å². The summed E-state index contributed by atoms with van der Waals surface area (Å²) in [6, 6.07) is 75.4. The molecule has 0 atom stereocenters. The zero-order valence-corrected chi connectivity index (χ0v) is 32.9. The fourth-order valence-corrected chi connectivity index (χ4v) is 9.28. The molecular formula is C57H39N3. The molecule has 0 aliphatic heterocycles. The predicted molar refractivity (Wildman–Crippen MR) is 247 cm³/mol. The van der Waals surface area contributed by atoms with Crippen molar-refractivity contribution in [2.75, 3.05) is 0 Å². The summed E-state index contributed by atoms with van der Waals surface area (Å²) in [6.07, 6.45) is 4.25. The van der Waals surface area contributed by atoms with E-state index in [2.05, 4.69) is 212 Å². The van der Waals surface area contributed by atoms with E-state index in [0.717, 1.165) is 61.6 Å². The van der Waals surface area contributed by atoms with Crippen LogP contribution in [-0.2, 0) is 12.0 Å². The van der Waals surface area contributed by atoms with E-state index in [1.54, 1.807) is 0 Å². The van der Waals surface area contributed by atoms with Crippen LogP contribution in [0.5, 0.6) is 0 Å². The van der Waals surface area contributed by atoms with Gasteiger partial charge in [0.1, 0.15) is 0 Å². The van der Waals surface area contributed by atoms with Crippen LogP contribution in [0.2, 0.25) is 0 Å². The molecular weight excluding hydrogens is 727 g/mol. The smallest absolute Gasteiger partial charge is 0.160 e. The monoisotopic (exact) mass is 765 g/mol. The summed E-state index contributed by atoms with van der Waals surface area (Å²) in [6.45, 7) is 0.614. The molecule has 0 N–H and O–H groups in total. The fourth-order valence-electron chi connectivity index (χ4n) is 9.28. The van der Waals surface area contributed by atoms with Gasteiger partial charge in [0.25, 0.3) is 0 Å². The normalized spacial score (nSPS) is 13.2. The lowest BCUT2D eigenvalue weighted by atomic mass is 9.69. The molecule has 1 spiro atoms. The van der Waals surface area contributed by atoms with E-state index < -0.39 is 5.41 Å². The molecule has 11 rings (SSSR count). The summed E-state index contributed by atoms with van der Waals surface area (Å²) in [5.41, 5.74) is 18.7. The second-order valence-electron chi connectivity index (χ2n) is 15.5. The number of hydrogen-bond donors (Lipinski definition) is 0. The molecule has 0 radical (unpaired) electrons. The van der Waals surface area contributed by atoms with Crippen molar-refractivity contribution < 1.29 is 0 Å². The molecule has 60 heavy (non-hydrogen) atoms. The third-order valence-electron chi connectivity index (χ3n) is 12.0. The Labute approximate surface area is 350 Å². The SMILES string of the molecule is C(=C\c1ccccc1)/C(=NCc1ccccc1)c1ccc(-c2ccc(-c3nc(-c4ccccc4)c4c(n3)-c3ccccc3C43c4ccccc4-c4ccccc43)cc2)cc1. The van der Waals surface area contributed by atoms with Gasteiger partial charge in [0.05, 0.1) is 29.1 Å². The number of benzene rings is 8. The van der Waals surface area contributed by atoms with Crippen molar-refractivity contribution >= 4 is 11.8 Å². The molecule has 0 saturated carbocycles. The molecule has 0 unspecified atom stereocenters. The van der Waals surface area contributed by atoms with E-state index in [-0.39, 0.29) is 0 Å². The molecule has 0 amide bonds. The van der Waals surface area contributed by atoms with Gasteiger partial charge in [-0.3, -0.25) is 4.99 Å². The standard InChI is InChI=1S/C57H39N3/c1-4-16-39(17-5-1)28-37-52(58-38-40-18-6-2-7-19-40)43-33-29-41(30-34-43)42-31-35-45(36-32-42)56-59-54(44-20-8-3-9-21-44)53-55(60-56)48-24-12-15-27-51(48)57(53)49-25-13-10-22-46(49)47-23-11-14-26-50(47)57/h1-37H,38H2/b37-28+,58-52?. The van der Waals surface area contributed by atoms with E-state index in [1.807, 2.05) is 12.1 Å². The van der Waals surface area contributed by atoms with Crippen LogP contribution in [0.25, 0.3) is 62.2 Å². The van der Waals surface area contributed by atoms with E-state index in [4.69, 9.17) is 15.0 Å². The Bertz CT molecular complexity index is 3030. The van der Waals surface area contributed by atoms with Gasteiger partial charge in [0.2, 0.25) is 0 Å². The van der Waals surface area contributed by atoms with Crippen LogP contribution in [0.1, 0.15) is 38.9 Å². The highest BCUT2D eigenvalue weighted by Gasteiger charge is 2.54. The Hall–Kier alpha value is -7.75. The number of aromatic nitrogens is 2. The Morgan fingerprint density at radius 3 is 1.55 bits per heavy atom. The maximum atomic E-state index is 5.51. The average molecular weight is 766 g/mol. The minimum atomic E-state index is -0.539. The molecule has 0 bridgehead atoms. The molecule has 2 aliphatic carbocycles. The van der Waals surface area contributed by atoms with Crippen molar-refractivity contribution in [3.05, 3.63) is 257 Å². The molecule has 8 aromatic carbocycles. The highest BCUT2D eigenvalue weighted by molar-refractivity contribution is 6.11. The van der Waals surface area contributed by atoms with Gasteiger partial charge in [-0.25, -0.2) is 9.97 Å². The summed E-state index contributed by atoms with van der Waals surface area (Å²) < 4.78 is 0. The number of allylic oxidation sites excluding steroid dienone is 1. The minimum Gasteiger partial charge on any atom is -0.280 e. The molecule has 0 saturated heterocycles. The van der Waals surface area contributed by atoms with E-state index in [1.165, 1.54) is 33.4 Å². The quantitative estimate of drug-likeness (QED) is 0.145. The highest BCUT2D eigenvalue weighted by Crippen LogP contribution is 2.64. The van der Waals surface area contributed by atoms with Crippen LogP contribution < -0.4 is 0 Å². The average Bonchev–Trinajstić information content (AvgIpc) is 3.80. The molecule has 1 aromatic heterocycles. The molecule has 3 heteroatoms. The van der Waals surface area contributed by atoms with Gasteiger partial charge in [-0.1, -0.05) is 218 Å². The number of hydrogen-bond acceptors (Lipinski definition) is 3. The lowest BCUT2D eigenvalue weighted by Crippen LogP contribution is -2.27. The summed E-state index contributed by atoms with van der Waals surface area (Å²) in [5, 5.41) is 0. The van der Waals surface area contributed by atoms with Crippen molar-refractivity contribution in [1.82, 2.24) is 9.97 Å². The van der Waals surface area contributed by atoms with Crippen molar-refractivity contribution in [2.24, 2.45) is 4.99 Å². The lowest BCUT2D eigenvalue weighted by Gasteiger charge is -2.31. The second-order valence-corrected chi connectivity index (χ2v) is 15.5. The van der Waals surface area contributed by atoms with Gasteiger partial charge in [-0.05, 0) is 61.7 Å². The predicted octanol–water partition coefficient (Wildman–Crippen LogP) is 13.5. The van der Waals surface area contributed by atoms with Gasteiger partial charge in [-0.15, -0.1) is 0 Å². The van der Waals surface area contributed by atoms with Gasteiger partial charge in [0.15, 0.2) is 5.82 Å². The topological polar surface area (TPSA) is 38.1 Å². The molecule has 3 nitrogen and oxygen atoms in total. The van der Waals surface area contributed by atoms with Gasteiger partial charge in [-0.2, -0.15) is 0 Å². The zero-order chi connectivity index (χ0) is 39.9. The first-order valence-electron chi connectivity index (χ1n) is 20.6. The lowest BCUT2D eigenvalue weighted by molar-refractivity contribution is 0.788. The van der Waals surface area contributed by atoms with Crippen molar-refractivity contribution in [2.45, 2.75) is 12.0 Å². The van der Waals surface area contributed by atoms with E-state index in [0.29, 0.717) is 12.4 Å². The summed E-state index contributed by atoms with van der Waals surface area (Å²) >= 11 is 0. The Morgan fingerprint density at radius 1 is 0.433 bits per heavy atom. The zero-order valence-electron chi connectivity index (χ0n) is 32.9. The fraction of sp³-hybridized carbons (Fsp3) is 0.0351. The first-order valence-corrected chi connectivity index (χ1v) is 20.6. The Morgan fingerprint density at radius 2 is 0.917 bits per heavy atom. The number of aliphatic imine (C=N–C) groups is 1. The van der Waals surface area contributed by atoms with Gasteiger partial charge in [0, 0.05) is 22.3 Å². The van der Waals surface area contributed by atoms with E-state index in [9.17, 15) is 0 Å². The van der Waals surface area contributed by atoms with Crippen LogP contribution in [0.15, 0.2) is 223 Å².